The summed E-state index contributed by atoms with van der Waals surface area (Å²) in [5.74, 6) is 0.234. The summed E-state index contributed by atoms with van der Waals surface area (Å²) in [4.78, 5) is 21.1. The van der Waals surface area contributed by atoms with Gasteiger partial charge in [-0.3, -0.25) is 9.36 Å². The fourth-order valence-corrected chi connectivity index (χ4v) is 4.19. The smallest absolute Gasteiger partial charge is 0.237 e. The molecule has 3 aromatic rings. The number of imidazole rings is 1. The third-order valence-electron chi connectivity index (χ3n) is 5.87. The SMILES string of the molecule is CCC1(Cc2nc[nH]c2C)CCc2c(C)c3ccccc3n2C1=O. The largest absolute Gasteiger partial charge is 0.348 e. The van der Waals surface area contributed by atoms with Crippen molar-refractivity contribution in [1.82, 2.24) is 14.5 Å². The Kier molecular flexibility index (Phi) is 3.37. The first kappa shape index (κ1) is 15.2. The average molecular weight is 321 g/mol. The molecule has 1 aromatic carbocycles. The quantitative estimate of drug-likeness (QED) is 0.785. The number of hydrogen-bond acceptors (Lipinski definition) is 2. The molecule has 0 bridgehead atoms. The van der Waals surface area contributed by atoms with Crippen LogP contribution in [0.1, 0.15) is 47.2 Å². The minimum Gasteiger partial charge on any atom is -0.348 e. The number of nitrogens with one attached hydrogen (secondary N) is 1. The van der Waals surface area contributed by atoms with Crippen molar-refractivity contribution in [3.8, 4) is 0 Å². The molecule has 1 unspecified atom stereocenters. The van der Waals surface area contributed by atoms with Crippen molar-refractivity contribution in [1.29, 1.82) is 0 Å². The van der Waals surface area contributed by atoms with Crippen LogP contribution in [0.15, 0.2) is 30.6 Å². The summed E-state index contributed by atoms with van der Waals surface area (Å²) in [6.07, 6.45) is 5.11. The van der Waals surface area contributed by atoms with Crippen molar-refractivity contribution in [3.63, 3.8) is 0 Å². The molecule has 0 aliphatic carbocycles. The molecule has 0 spiro atoms. The predicted molar refractivity (Wildman–Crippen MR) is 95.4 cm³/mol. The second-order valence-electron chi connectivity index (χ2n) is 7.01. The molecule has 1 N–H and O–H groups in total. The van der Waals surface area contributed by atoms with Crippen LogP contribution < -0.4 is 0 Å². The van der Waals surface area contributed by atoms with Gasteiger partial charge in [-0.15, -0.1) is 0 Å². The second-order valence-corrected chi connectivity index (χ2v) is 7.01. The van der Waals surface area contributed by atoms with E-state index in [1.165, 1.54) is 16.6 Å². The van der Waals surface area contributed by atoms with Gasteiger partial charge < -0.3 is 4.98 Å². The van der Waals surface area contributed by atoms with E-state index in [-0.39, 0.29) is 11.3 Å². The van der Waals surface area contributed by atoms with Crippen molar-refractivity contribution >= 4 is 16.8 Å². The molecule has 4 rings (SSSR count). The number of H-pyrrole nitrogens is 1. The Morgan fingerprint density at radius 1 is 1.29 bits per heavy atom. The van der Waals surface area contributed by atoms with Crippen molar-refractivity contribution < 1.29 is 4.79 Å². The van der Waals surface area contributed by atoms with Crippen LogP contribution in [0, 0.1) is 19.3 Å². The molecule has 0 saturated carbocycles. The number of benzene rings is 1. The Bertz CT molecular complexity index is 934. The van der Waals surface area contributed by atoms with E-state index in [4.69, 9.17) is 0 Å². The van der Waals surface area contributed by atoms with Gasteiger partial charge in [0, 0.05) is 23.2 Å². The zero-order valence-electron chi connectivity index (χ0n) is 14.5. The lowest BCUT2D eigenvalue weighted by Crippen LogP contribution is -2.42. The highest BCUT2D eigenvalue weighted by molar-refractivity contribution is 5.99. The monoisotopic (exact) mass is 321 g/mol. The molecule has 4 nitrogen and oxygen atoms in total. The van der Waals surface area contributed by atoms with Gasteiger partial charge in [0.1, 0.15) is 0 Å². The molecule has 4 heteroatoms. The Morgan fingerprint density at radius 2 is 2.08 bits per heavy atom. The lowest BCUT2D eigenvalue weighted by molar-refractivity contribution is 0.0634. The van der Waals surface area contributed by atoms with Gasteiger partial charge in [0.15, 0.2) is 0 Å². The molecule has 24 heavy (non-hydrogen) atoms. The molecule has 3 heterocycles. The molecule has 0 amide bonds. The van der Waals surface area contributed by atoms with E-state index < -0.39 is 0 Å². The maximum Gasteiger partial charge on any atom is 0.237 e. The number of aromatic nitrogens is 3. The maximum absolute atomic E-state index is 13.6. The standard InChI is InChI=1S/C20H23N3O/c1-4-20(11-16-14(3)21-12-22-16)10-9-17-13(2)15-7-5-6-8-18(15)23(17)19(20)24/h5-8,12H,4,9-11H2,1-3H3,(H,21,22). The lowest BCUT2D eigenvalue weighted by Gasteiger charge is -2.36. The summed E-state index contributed by atoms with van der Waals surface area (Å²) in [5, 5.41) is 1.20. The van der Waals surface area contributed by atoms with Crippen LogP contribution in [0.2, 0.25) is 0 Å². The van der Waals surface area contributed by atoms with Gasteiger partial charge in [-0.05, 0) is 44.7 Å². The highest BCUT2D eigenvalue weighted by Gasteiger charge is 2.43. The second kappa shape index (κ2) is 5.33. The number of carbonyl (C=O) groups excluding carboxylic acids is 1. The fraction of sp³-hybridized carbons (Fsp3) is 0.400. The van der Waals surface area contributed by atoms with Crippen molar-refractivity contribution in [2.24, 2.45) is 5.41 Å². The zero-order valence-corrected chi connectivity index (χ0v) is 14.5. The number of hydrogen-bond donors (Lipinski definition) is 1. The maximum atomic E-state index is 13.6. The Balaban J connectivity index is 1.86. The van der Waals surface area contributed by atoms with E-state index in [0.717, 1.165) is 36.2 Å². The minimum atomic E-state index is -0.360. The molecule has 0 fully saturated rings. The fourth-order valence-electron chi connectivity index (χ4n) is 4.19. The molecule has 124 valence electrons. The topological polar surface area (TPSA) is 50.7 Å². The molecule has 1 aliphatic heterocycles. The highest BCUT2D eigenvalue weighted by atomic mass is 16.2. The van der Waals surface area contributed by atoms with Gasteiger partial charge in [0.25, 0.3) is 0 Å². The van der Waals surface area contributed by atoms with Crippen molar-refractivity contribution in [3.05, 3.63) is 53.2 Å². The van der Waals surface area contributed by atoms with Crippen LogP contribution >= 0.6 is 0 Å². The predicted octanol–water partition coefficient (Wildman–Crippen LogP) is 4.21. The van der Waals surface area contributed by atoms with Crippen molar-refractivity contribution in [2.75, 3.05) is 0 Å². The molecular weight excluding hydrogens is 298 g/mol. The van der Waals surface area contributed by atoms with Gasteiger partial charge in [0.05, 0.1) is 23.0 Å². The molecule has 2 aromatic heterocycles. The number of nitrogens with zero attached hydrogens (tertiary/aromatic N) is 2. The van der Waals surface area contributed by atoms with Gasteiger partial charge in [0.2, 0.25) is 5.91 Å². The Labute approximate surface area is 141 Å². The van der Waals surface area contributed by atoms with Crippen LogP contribution in [0.25, 0.3) is 10.9 Å². The zero-order chi connectivity index (χ0) is 16.9. The first-order chi connectivity index (χ1) is 11.6. The van der Waals surface area contributed by atoms with Gasteiger partial charge in [-0.1, -0.05) is 25.1 Å². The van der Waals surface area contributed by atoms with Crippen LogP contribution in [-0.2, 0) is 12.8 Å². The molecule has 1 atom stereocenters. The Hall–Kier alpha value is -2.36. The van der Waals surface area contributed by atoms with E-state index in [2.05, 4.69) is 35.9 Å². The third-order valence-corrected chi connectivity index (χ3v) is 5.87. The summed E-state index contributed by atoms with van der Waals surface area (Å²) < 4.78 is 1.99. The first-order valence-corrected chi connectivity index (χ1v) is 8.70. The highest BCUT2D eigenvalue weighted by Crippen LogP contribution is 2.42. The summed E-state index contributed by atoms with van der Waals surface area (Å²) in [7, 11) is 0. The number of fused-ring (bicyclic) bond motifs is 3. The first-order valence-electron chi connectivity index (χ1n) is 8.70. The van der Waals surface area contributed by atoms with E-state index in [9.17, 15) is 4.79 Å². The van der Waals surface area contributed by atoms with E-state index in [1.807, 2.05) is 23.6 Å². The summed E-state index contributed by atoms with van der Waals surface area (Å²) in [6.45, 7) is 6.29. The molecule has 0 saturated heterocycles. The van der Waals surface area contributed by atoms with Crippen LogP contribution in [0.5, 0.6) is 0 Å². The van der Waals surface area contributed by atoms with Gasteiger partial charge >= 0.3 is 0 Å². The lowest BCUT2D eigenvalue weighted by atomic mass is 9.73. The van der Waals surface area contributed by atoms with Crippen LogP contribution in [0.4, 0.5) is 0 Å². The van der Waals surface area contributed by atoms with Gasteiger partial charge in [-0.25, -0.2) is 4.98 Å². The molecule has 1 aliphatic rings. The number of para-hydroxylation sites is 1. The number of aromatic amines is 1. The van der Waals surface area contributed by atoms with E-state index >= 15 is 0 Å². The summed E-state index contributed by atoms with van der Waals surface area (Å²) >= 11 is 0. The number of carbonyl (C=O) groups is 1. The normalized spacial score (nSPS) is 20.5. The summed E-state index contributed by atoms with van der Waals surface area (Å²) in [5.41, 5.74) is 5.20. The molecule has 0 radical (unpaired) electrons. The van der Waals surface area contributed by atoms with Crippen molar-refractivity contribution in [2.45, 2.75) is 46.5 Å². The third kappa shape index (κ3) is 1.98. The Morgan fingerprint density at radius 3 is 2.79 bits per heavy atom. The van der Waals surface area contributed by atoms with Crippen LogP contribution in [-0.4, -0.2) is 20.4 Å². The number of aryl methyl sites for hydroxylation is 2. The summed E-state index contributed by atoms with van der Waals surface area (Å²) in [6, 6.07) is 8.25. The van der Waals surface area contributed by atoms with E-state index in [0.29, 0.717) is 6.42 Å². The minimum absolute atomic E-state index is 0.234. The molecular formula is C20H23N3O. The number of rotatable bonds is 3. The average Bonchev–Trinajstić information content (AvgIpc) is 3.13. The van der Waals surface area contributed by atoms with Gasteiger partial charge in [-0.2, -0.15) is 0 Å². The van der Waals surface area contributed by atoms with Crippen LogP contribution in [0.3, 0.4) is 0 Å². The van der Waals surface area contributed by atoms with E-state index in [1.54, 1.807) is 6.33 Å².